The minimum atomic E-state index is -0.738. The molecule has 0 radical (unpaired) electrons. The number of rotatable bonds is 4. The van der Waals surface area contributed by atoms with Gasteiger partial charge in [-0.2, -0.15) is 0 Å². The Morgan fingerprint density at radius 1 is 1.00 bits per heavy atom. The number of hydrogen-bond acceptors (Lipinski definition) is 7. The molecule has 0 bridgehead atoms. The predicted octanol–water partition coefficient (Wildman–Crippen LogP) is 3.98. The molecular formula is C26H21BrClN3O5S2. The van der Waals surface area contributed by atoms with E-state index >= 15 is 0 Å². The van der Waals surface area contributed by atoms with Crippen LogP contribution < -0.4 is 9.77 Å². The number of morpholine rings is 1. The zero-order chi connectivity index (χ0) is 26.6. The molecule has 0 saturated carbocycles. The number of nitrogens with zero attached hydrogens (tertiary/aromatic N) is 3. The van der Waals surface area contributed by atoms with E-state index in [1.807, 2.05) is 24.3 Å². The van der Waals surface area contributed by atoms with Crippen LogP contribution in [0.5, 0.6) is 0 Å². The number of fused-ring (bicyclic) bond motifs is 2. The standard InChI is InChI=1S/C26H21BrClN3O5S2/c27-15-3-1-14(2-4-15)19-20-21(24(34)31(23(20)33)17-7-5-16(28)6-8-17)37-25-22(19)38-26(35)30(25)13-18(32)29-9-11-36-12-10-29/h1-8,19-21H,9-13H2/t19-,20?,21?/m1/s1. The molecule has 3 aliphatic heterocycles. The number of amides is 3. The van der Waals surface area contributed by atoms with Crippen molar-refractivity contribution in [2.75, 3.05) is 31.2 Å². The summed E-state index contributed by atoms with van der Waals surface area (Å²) < 4.78 is 7.69. The Kier molecular flexibility index (Phi) is 6.98. The highest BCUT2D eigenvalue weighted by molar-refractivity contribution is 9.10. The molecule has 12 heteroatoms. The summed E-state index contributed by atoms with van der Waals surface area (Å²) >= 11 is 11.8. The maximum absolute atomic E-state index is 13.9. The number of thiazole rings is 1. The molecular weight excluding hydrogens is 614 g/mol. The first kappa shape index (κ1) is 25.8. The van der Waals surface area contributed by atoms with Crippen LogP contribution in [0.3, 0.4) is 0 Å². The van der Waals surface area contributed by atoms with E-state index < -0.39 is 17.1 Å². The van der Waals surface area contributed by atoms with Crippen molar-refractivity contribution in [2.24, 2.45) is 5.92 Å². The SMILES string of the molecule is O=C(Cn1c2c(sc1=O)[C@H](c1ccc(Br)cc1)C1C(=O)N(c3ccc(Cl)cc3)C(=O)C1S2)N1CCOCC1. The molecule has 38 heavy (non-hydrogen) atoms. The van der Waals surface area contributed by atoms with Crippen LogP contribution in [-0.2, 0) is 25.7 Å². The summed E-state index contributed by atoms with van der Waals surface area (Å²) in [5, 5.41) is 0.344. The molecule has 0 N–H and O–H groups in total. The highest BCUT2D eigenvalue weighted by Gasteiger charge is 2.56. The molecule has 6 rings (SSSR count). The number of anilines is 1. The monoisotopic (exact) mass is 633 g/mol. The predicted molar refractivity (Wildman–Crippen MR) is 149 cm³/mol. The van der Waals surface area contributed by atoms with Crippen molar-refractivity contribution >= 4 is 74.0 Å². The maximum Gasteiger partial charge on any atom is 0.308 e. The number of aromatic nitrogens is 1. The van der Waals surface area contributed by atoms with Crippen LogP contribution in [0.1, 0.15) is 16.4 Å². The van der Waals surface area contributed by atoms with E-state index in [-0.39, 0.29) is 29.1 Å². The van der Waals surface area contributed by atoms with Crippen molar-refractivity contribution in [1.29, 1.82) is 0 Å². The number of imide groups is 1. The Morgan fingerprint density at radius 3 is 2.37 bits per heavy atom. The van der Waals surface area contributed by atoms with Crippen molar-refractivity contribution in [3.05, 3.63) is 78.1 Å². The summed E-state index contributed by atoms with van der Waals surface area (Å²) in [4.78, 5) is 57.2. The lowest BCUT2D eigenvalue weighted by molar-refractivity contribution is -0.136. The second kappa shape index (κ2) is 10.3. The van der Waals surface area contributed by atoms with Gasteiger partial charge in [-0.25, -0.2) is 4.90 Å². The van der Waals surface area contributed by atoms with Gasteiger partial charge in [0.1, 0.15) is 11.8 Å². The van der Waals surface area contributed by atoms with Crippen LogP contribution in [0.2, 0.25) is 5.02 Å². The number of thioether (sulfide) groups is 1. The first-order chi connectivity index (χ1) is 18.3. The molecule has 3 aliphatic rings. The highest BCUT2D eigenvalue weighted by atomic mass is 79.9. The van der Waals surface area contributed by atoms with E-state index in [1.165, 1.54) is 21.2 Å². The first-order valence-electron chi connectivity index (χ1n) is 12.0. The van der Waals surface area contributed by atoms with Gasteiger partial charge in [-0.05, 0) is 42.0 Å². The normalized spacial score (nSPS) is 22.9. The Labute approximate surface area is 239 Å². The van der Waals surface area contributed by atoms with Gasteiger partial charge in [0, 0.05) is 33.4 Å². The van der Waals surface area contributed by atoms with E-state index in [1.54, 1.807) is 29.2 Å². The molecule has 2 unspecified atom stereocenters. The molecule has 2 aromatic carbocycles. The number of ether oxygens (including phenoxy) is 1. The quantitative estimate of drug-likeness (QED) is 0.404. The lowest BCUT2D eigenvalue weighted by Crippen LogP contribution is -2.43. The van der Waals surface area contributed by atoms with Crippen LogP contribution in [0.15, 0.2) is 62.8 Å². The smallest absolute Gasteiger partial charge is 0.308 e. The molecule has 2 fully saturated rings. The second-order valence-electron chi connectivity index (χ2n) is 9.20. The second-order valence-corrected chi connectivity index (χ2v) is 12.7. The average Bonchev–Trinajstić information content (AvgIpc) is 3.36. The van der Waals surface area contributed by atoms with E-state index in [4.69, 9.17) is 16.3 Å². The number of hydrogen-bond donors (Lipinski definition) is 0. The Hall–Kier alpha value is -2.44. The average molecular weight is 635 g/mol. The van der Waals surface area contributed by atoms with Crippen molar-refractivity contribution in [3.8, 4) is 0 Å². The molecule has 3 amide bonds. The Balaban J connectivity index is 1.43. The van der Waals surface area contributed by atoms with Gasteiger partial charge in [0.25, 0.3) is 0 Å². The van der Waals surface area contributed by atoms with Gasteiger partial charge in [-0.15, -0.1) is 0 Å². The van der Waals surface area contributed by atoms with Crippen molar-refractivity contribution in [3.63, 3.8) is 0 Å². The highest BCUT2D eigenvalue weighted by Crippen LogP contribution is 2.54. The van der Waals surface area contributed by atoms with Gasteiger partial charge in [0.05, 0.1) is 29.8 Å². The van der Waals surface area contributed by atoms with Crippen LogP contribution in [-0.4, -0.2) is 58.7 Å². The molecule has 8 nitrogen and oxygen atoms in total. The topological polar surface area (TPSA) is 88.9 Å². The van der Waals surface area contributed by atoms with Crippen molar-refractivity contribution in [2.45, 2.75) is 22.7 Å². The third-order valence-electron chi connectivity index (χ3n) is 7.02. The lowest BCUT2D eigenvalue weighted by atomic mass is 9.83. The number of carbonyl (C=O) groups excluding carboxylic acids is 3. The van der Waals surface area contributed by atoms with E-state index in [0.717, 1.165) is 21.4 Å². The summed E-state index contributed by atoms with van der Waals surface area (Å²) in [5.74, 6) is -2.03. The third kappa shape index (κ3) is 4.44. The Morgan fingerprint density at radius 2 is 1.68 bits per heavy atom. The summed E-state index contributed by atoms with van der Waals surface area (Å²) in [6.45, 7) is 1.75. The maximum atomic E-state index is 13.9. The molecule has 0 spiro atoms. The summed E-state index contributed by atoms with van der Waals surface area (Å²) in [6, 6.07) is 14.2. The van der Waals surface area contributed by atoms with Crippen LogP contribution in [0.4, 0.5) is 5.69 Å². The molecule has 0 aliphatic carbocycles. The third-order valence-corrected chi connectivity index (χ3v) is 10.4. The fourth-order valence-corrected chi connectivity index (χ4v) is 8.34. The summed E-state index contributed by atoms with van der Waals surface area (Å²) in [6.07, 6.45) is 0. The number of halogens is 2. The van der Waals surface area contributed by atoms with Gasteiger partial charge in [0.2, 0.25) is 17.7 Å². The van der Waals surface area contributed by atoms with Gasteiger partial charge in [-0.1, -0.05) is 62.8 Å². The van der Waals surface area contributed by atoms with Gasteiger partial charge >= 0.3 is 4.87 Å². The van der Waals surface area contributed by atoms with Crippen LogP contribution in [0, 0.1) is 5.92 Å². The fourth-order valence-electron chi connectivity index (χ4n) is 5.18. The lowest BCUT2D eigenvalue weighted by Gasteiger charge is -2.31. The zero-order valence-corrected chi connectivity index (χ0v) is 23.8. The van der Waals surface area contributed by atoms with Gasteiger partial charge in [-0.3, -0.25) is 23.7 Å². The molecule has 4 heterocycles. The molecule has 196 valence electrons. The minimum Gasteiger partial charge on any atom is -0.378 e. The van der Waals surface area contributed by atoms with Gasteiger partial charge in [0.15, 0.2) is 0 Å². The van der Waals surface area contributed by atoms with Crippen molar-refractivity contribution < 1.29 is 19.1 Å². The number of carbonyl (C=O) groups is 3. The molecule has 1 aromatic heterocycles. The van der Waals surface area contributed by atoms with Crippen LogP contribution in [0.25, 0.3) is 0 Å². The van der Waals surface area contributed by atoms with Crippen molar-refractivity contribution in [1.82, 2.24) is 9.47 Å². The zero-order valence-electron chi connectivity index (χ0n) is 19.8. The summed E-state index contributed by atoms with van der Waals surface area (Å²) in [7, 11) is 0. The minimum absolute atomic E-state index is 0.120. The molecule has 3 aromatic rings. The van der Waals surface area contributed by atoms with E-state index in [2.05, 4.69) is 15.9 Å². The molecule has 2 saturated heterocycles. The number of benzene rings is 2. The fraction of sp³-hybridized carbons (Fsp3) is 0.308. The van der Waals surface area contributed by atoms with Crippen LogP contribution >= 0.6 is 50.6 Å². The first-order valence-corrected chi connectivity index (χ1v) is 14.8. The molecule has 3 atom stereocenters. The van der Waals surface area contributed by atoms with E-state index in [0.29, 0.717) is 46.9 Å². The largest absolute Gasteiger partial charge is 0.378 e. The Bertz CT molecular complexity index is 1480. The summed E-state index contributed by atoms with van der Waals surface area (Å²) in [5.41, 5.74) is 1.29. The van der Waals surface area contributed by atoms with Gasteiger partial charge < -0.3 is 9.64 Å². The van der Waals surface area contributed by atoms with E-state index in [9.17, 15) is 19.2 Å².